The summed E-state index contributed by atoms with van der Waals surface area (Å²) in [6, 6.07) is 17.6. The largest absolute Gasteiger partial charge is 0.496 e. The maximum atomic E-state index is 12.6. The number of nitrogens with zero attached hydrogens (tertiary/aromatic N) is 3. The predicted octanol–water partition coefficient (Wildman–Crippen LogP) is 3.92. The van der Waals surface area contributed by atoms with Crippen molar-refractivity contribution in [3.05, 3.63) is 77.6 Å². The molecular formula is C23H26N4O2. The van der Waals surface area contributed by atoms with E-state index < -0.39 is 0 Å². The molecule has 0 atom stereocenters. The van der Waals surface area contributed by atoms with Crippen molar-refractivity contribution in [2.45, 2.75) is 20.3 Å². The van der Waals surface area contributed by atoms with Crippen LogP contribution in [-0.2, 0) is 6.42 Å². The van der Waals surface area contributed by atoms with E-state index in [1.165, 1.54) is 0 Å². The van der Waals surface area contributed by atoms with Crippen LogP contribution in [0, 0.1) is 6.92 Å². The van der Waals surface area contributed by atoms with Crippen LogP contribution in [-0.4, -0.2) is 36.1 Å². The first-order valence-corrected chi connectivity index (χ1v) is 9.69. The molecule has 3 rings (SSSR count). The number of aromatic nitrogens is 2. The van der Waals surface area contributed by atoms with Gasteiger partial charge in [0.2, 0.25) is 5.95 Å². The Kier molecular flexibility index (Phi) is 6.79. The van der Waals surface area contributed by atoms with Crippen LogP contribution in [0.5, 0.6) is 5.75 Å². The molecule has 0 unspecified atom stereocenters. The number of nitrogens with one attached hydrogen (secondary N) is 1. The number of anilines is 2. The minimum Gasteiger partial charge on any atom is -0.496 e. The molecule has 1 heterocycles. The molecule has 1 amide bonds. The summed E-state index contributed by atoms with van der Waals surface area (Å²) in [7, 11) is 1.65. The molecule has 6 nitrogen and oxygen atoms in total. The van der Waals surface area contributed by atoms with Crippen molar-refractivity contribution in [2.24, 2.45) is 0 Å². The van der Waals surface area contributed by atoms with E-state index in [1.807, 2.05) is 61.2 Å². The van der Waals surface area contributed by atoms with Crippen molar-refractivity contribution in [2.75, 3.05) is 25.1 Å². The predicted molar refractivity (Wildman–Crippen MR) is 115 cm³/mol. The van der Waals surface area contributed by atoms with Gasteiger partial charge in [-0.05, 0) is 55.7 Å². The number of aryl methyl sites for hydroxylation is 1. The Bertz CT molecular complexity index is 974. The van der Waals surface area contributed by atoms with Gasteiger partial charge in [0, 0.05) is 25.0 Å². The highest BCUT2D eigenvalue weighted by Gasteiger charge is 2.14. The average molecular weight is 390 g/mol. The van der Waals surface area contributed by atoms with Crippen molar-refractivity contribution >= 4 is 17.5 Å². The maximum absolute atomic E-state index is 12.6. The molecule has 0 spiro atoms. The minimum absolute atomic E-state index is 0.219. The molecule has 2 aromatic carbocycles. The number of hydrogen-bond acceptors (Lipinski definition) is 5. The third kappa shape index (κ3) is 5.10. The molecule has 0 saturated heterocycles. The van der Waals surface area contributed by atoms with Crippen molar-refractivity contribution < 1.29 is 9.53 Å². The van der Waals surface area contributed by atoms with Crippen molar-refractivity contribution in [1.29, 1.82) is 0 Å². The highest BCUT2D eigenvalue weighted by molar-refractivity contribution is 5.92. The van der Waals surface area contributed by atoms with Gasteiger partial charge >= 0.3 is 0 Å². The first-order valence-electron chi connectivity index (χ1n) is 9.69. The van der Waals surface area contributed by atoms with Gasteiger partial charge in [-0.2, -0.15) is 0 Å². The number of methoxy groups -OCH3 is 1. The molecule has 0 aliphatic carbocycles. The van der Waals surface area contributed by atoms with Crippen molar-refractivity contribution in [1.82, 2.24) is 15.3 Å². The van der Waals surface area contributed by atoms with Crippen LogP contribution >= 0.6 is 0 Å². The van der Waals surface area contributed by atoms with Gasteiger partial charge in [-0.25, -0.2) is 9.97 Å². The number of para-hydroxylation sites is 1. The summed E-state index contributed by atoms with van der Waals surface area (Å²) < 4.78 is 5.35. The Labute approximate surface area is 171 Å². The van der Waals surface area contributed by atoms with Gasteiger partial charge in [-0.1, -0.05) is 30.3 Å². The van der Waals surface area contributed by atoms with E-state index >= 15 is 0 Å². The van der Waals surface area contributed by atoms with Crippen LogP contribution in [0.4, 0.5) is 11.6 Å². The van der Waals surface area contributed by atoms with E-state index in [4.69, 9.17) is 4.74 Å². The van der Waals surface area contributed by atoms with Gasteiger partial charge in [0.05, 0.1) is 7.11 Å². The summed E-state index contributed by atoms with van der Waals surface area (Å²) in [4.78, 5) is 23.4. The number of benzene rings is 2. The van der Waals surface area contributed by atoms with Crippen LogP contribution in [0.15, 0.2) is 60.8 Å². The van der Waals surface area contributed by atoms with Gasteiger partial charge in [0.25, 0.3) is 5.91 Å². The van der Waals surface area contributed by atoms with E-state index in [0.29, 0.717) is 31.2 Å². The Hall–Kier alpha value is -3.41. The standard InChI is InChI=1S/C23H26N4O2/c1-4-27(19-10-7-8-17(2)16-19)23-25-15-13-20(26-23)22(28)24-14-12-18-9-5-6-11-21(18)29-3/h5-11,13,15-16H,4,12,14H2,1-3H3,(H,24,28). The first-order chi connectivity index (χ1) is 14.1. The highest BCUT2D eigenvalue weighted by Crippen LogP contribution is 2.22. The minimum atomic E-state index is -0.219. The Morgan fingerprint density at radius 3 is 2.72 bits per heavy atom. The van der Waals surface area contributed by atoms with Gasteiger partial charge in [-0.15, -0.1) is 0 Å². The average Bonchev–Trinajstić information content (AvgIpc) is 2.75. The topological polar surface area (TPSA) is 67.4 Å². The van der Waals surface area contributed by atoms with Crippen molar-refractivity contribution in [3.63, 3.8) is 0 Å². The van der Waals surface area contributed by atoms with Crippen LogP contribution in [0.1, 0.15) is 28.5 Å². The lowest BCUT2D eigenvalue weighted by molar-refractivity contribution is 0.0949. The maximum Gasteiger partial charge on any atom is 0.270 e. The lowest BCUT2D eigenvalue weighted by Gasteiger charge is -2.21. The van der Waals surface area contributed by atoms with Crippen LogP contribution in [0.25, 0.3) is 0 Å². The summed E-state index contributed by atoms with van der Waals surface area (Å²) in [5.41, 5.74) is 3.56. The Balaban J connectivity index is 1.69. The molecule has 0 radical (unpaired) electrons. The quantitative estimate of drug-likeness (QED) is 0.631. The van der Waals surface area contributed by atoms with Gasteiger partial charge in [0.1, 0.15) is 11.4 Å². The second kappa shape index (κ2) is 9.68. The molecule has 0 aliphatic rings. The van der Waals surface area contributed by atoms with Crippen LogP contribution < -0.4 is 15.0 Å². The molecule has 3 aromatic rings. The van der Waals surface area contributed by atoms with Gasteiger partial charge < -0.3 is 15.0 Å². The second-order valence-electron chi connectivity index (χ2n) is 6.64. The molecule has 0 fully saturated rings. The van der Waals surface area contributed by atoms with E-state index in [1.54, 1.807) is 19.4 Å². The molecule has 6 heteroatoms. The van der Waals surface area contributed by atoms with E-state index in [-0.39, 0.29) is 5.91 Å². The fourth-order valence-corrected chi connectivity index (χ4v) is 3.15. The zero-order valence-corrected chi connectivity index (χ0v) is 17.1. The summed E-state index contributed by atoms with van der Waals surface area (Å²) >= 11 is 0. The molecular weight excluding hydrogens is 364 g/mol. The molecule has 0 saturated carbocycles. The number of carbonyl (C=O) groups excluding carboxylic acids is 1. The summed E-state index contributed by atoms with van der Waals surface area (Å²) in [5, 5.41) is 2.93. The molecule has 0 bridgehead atoms. The summed E-state index contributed by atoms with van der Waals surface area (Å²) in [6.45, 7) is 5.27. The van der Waals surface area contributed by atoms with Crippen LogP contribution in [0.2, 0.25) is 0 Å². The summed E-state index contributed by atoms with van der Waals surface area (Å²) in [5.74, 6) is 1.11. The molecule has 1 N–H and O–H groups in total. The van der Waals surface area contributed by atoms with Gasteiger partial charge in [-0.3, -0.25) is 4.79 Å². The highest BCUT2D eigenvalue weighted by atomic mass is 16.5. The van der Waals surface area contributed by atoms with E-state index in [0.717, 1.165) is 22.6 Å². The van der Waals surface area contributed by atoms with Crippen LogP contribution in [0.3, 0.4) is 0 Å². The molecule has 29 heavy (non-hydrogen) atoms. The van der Waals surface area contributed by atoms with Crippen molar-refractivity contribution in [3.8, 4) is 5.75 Å². The number of hydrogen-bond donors (Lipinski definition) is 1. The molecule has 150 valence electrons. The number of amides is 1. The number of carbonyl (C=O) groups is 1. The fraction of sp³-hybridized carbons (Fsp3) is 0.261. The molecule has 0 aliphatic heterocycles. The Morgan fingerprint density at radius 1 is 1.14 bits per heavy atom. The summed E-state index contributed by atoms with van der Waals surface area (Å²) in [6.07, 6.45) is 2.30. The zero-order chi connectivity index (χ0) is 20.6. The van der Waals surface area contributed by atoms with E-state index in [2.05, 4.69) is 21.4 Å². The normalized spacial score (nSPS) is 10.4. The smallest absolute Gasteiger partial charge is 0.270 e. The lowest BCUT2D eigenvalue weighted by Crippen LogP contribution is -2.28. The molecule has 1 aromatic heterocycles. The van der Waals surface area contributed by atoms with E-state index in [9.17, 15) is 4.79 Å². The SMILES string of the molecule is CCN(c1cccc(C)c1)c1nccc(C(=O)NCCc2ccccc2OC)n1. The fourth-order valence-electron chi connectivity index (χ4n) is 3.15. The monoisotopic (exact) mass is 390 g/mol. The zero-order valence-electron chi connectivity index (χ0n) is 17.1. The number of rotatable bonds is 8. The second-order valence-corrected chi connectivity index (χ2v) is 6.64. The Morgan fingerprint density at radius 2 is 1.97 bits per heavy atom. The number of ether oxygens (including phenoxy) is 1. The van der Waals surface area contributed by atoms with Gasteiger partial charge in [0.15, 0.2) is 0 Å². The lowest BCUT2D eigenvalue weighted by atomic mass is 10.1. The third-order valence-electron chi connectivity index (χ3n) is 4.62. The third-order valence-corrected chi connectivity index (χ3v) is 4.62. The first kappa shape index (κ1) is 20.3.